The molecule has 0 amide bonds. The molecule has 0 aromatic carbocycles. The number of carbonyl (C=O) groups excluding carboxylic acids is 4. The van der Waals surface area contributed by atoms with Gasteiger partial charge in [-0.1, -0.05) is 52.5 Å². The Bertz CT molecular complexity index is 1040. The first-order valence-corrected chi connectivity index (χ1v) is 15.6. The van der Waals surface area contributed by atoms with Gasteiger partial charge in [0.2, 0.25) is 5.78 Å². The van der Waals surface area contributed by atoms with Gasteiger partial charge < -0.3 is 24.1 Å². The highest BCUT2D eigenvalue weighted by molar-refractivity contribution is 5.93. The number of unbranched alkanes of at least 4 members (excludes halogenated alkanes) is 3. The first kappa shape index (κ1) is 31.5. The summed E-state index contributed by atoms with van der Waals surface area (Å²) in [6, 6.07) is 0. The van der Waals surface area contributed by atoms with E-state index in [0.29, 0.717) is 32.1 Å². The maximum absolute atomic E-state index is 14.0. The second-order valence-electron chi connectivity index (χ2n) is 13.0. The van der Waals surface area contributed by atoms with Crippen molar-refractivity contribution in [1.29, 1.82) is 0 Å². The second-order valence-corrected chi connectivity index (χ2v) is 13.0. The van der Waals surface area contributed by atoms with Crippen molar-refractivity contribution in [2.75, 3.05) is 19.8 Å². The van der Waals surface area contributed by atoms with Gasteiger partial charge in [0.15, 0.2) is 18.0 Å². The minimum Gasteiger partial charge on any atom is -0.434 e. The Balaban J connectivity index is 1.59. The Hall–Kier alpha value is -2.42. The second kappa shape index (κ2) is 12.8. The van der Waals surface area contributed by atoms with Gasteiger partial charge >= 0.3 is 12.3 Å². The van der Waals surface area contributed by atoms with Crippen molar-refractivity contribution in [3.63, 3.8) is 0 Å². The lowest BCUT2D eigenvalue weighted by Crippen LogP contribution is -2.63. The Morgan fingerprint density at radius 2 is 1.63 bits per heavy atom. The van der Waals surface area contributed by atoms with Crippen LogP contribution in [0.25, 0.3) is 0 Å². The molecule has 9 nitrogen and oxygen atoms in total. The van der Waals surface area contributed by atoms with Crippen molar-refractivity contribution in [2.45, 2.75) is 116 Å². The average Bonchev–Trinajstić information content (AvgIpc) is 3.22. The van der Waals surface area contributed by atoms with Crippen molar-refractivity contribution >= 4 is 23.9 Å². The van der Waals surface area contributed by atoms with Gasteiger partial charge in [-0.05, 0) is 80.6 Å². The van der Waals surface area contributed by atoms with E-state index in [2.05, 4.69) is 13.8 Å². The topological polar surface area (TPSA) is 125 Å². The number of hydrogen-bond acceptors (Lipinski definition) is 9. The molecule has 4 aliphatic carbocycles. The van der Waals surface area contributed by atoms with E-state index >= 15 is 0 Å². The van der Waals surface area contributed by atoms with E-state index in [4.69, 9.17) is 18.9 Å². The largest absolute Gasteiger partial charge is 0.509 e. The van der Waals surface area contributed by atoms with E-state index in [-0.39, 0.29) is 55.0 Å². The molecule has 0 heterocycles. The highest BCUT2D eigenvalue weighted by Crippen LogP contribution is 2.68. The van der Waals surface area contributed by atoms with Crippen LogP contribution in [0.5, 0.6) is 0 Å². The molecule has 230 valence electrons. The summed E-state index contributed by atoms with van der Waals surface area (Å²) in [5.74, 6) is -0.323. The fourth-order valence-corrected chi connectivity index (χ4v) is 8.62. The standard InChI is InChI=1S/C32H48O9/c1-5-7-9-17-39-29(37)41-32(26(35)20-40-28(36)38-16-8-6-2)15-13-24-23-11-10-21-18-22(33)12-14-30(21,3)27(23)25(34)19-31(24,32)4/h18,23-25,27,34H,5-17,19-20H2,1-4H3/t23-,24-,25-,27+,30-,31-,32-/m0/s1. The molecule has 0 aliphatic heterocycles. The summed E-state index contributed by atoms with van der Waals surface area (Å²) in [5.41, 5.74) is -1.64. The highest BCUT2D eigenvalue weighted by Gasteiger charge is 2.70. The third-order valence-corrected chi connectivity index (χ3v) is 10.7. The molecular weight excluding hydrogens is 528 g/mol. The zero-order chi connectivity index (χ0) is 29.8. The number of allylic oxidation sites excluding steroid dienone is 1. The van der Waals surface area contributed by atoms with Crippen LogP contribution < -0.4 is 0 Å². The summed E-state index contributed by atoms with van der Waals surface area (Å²) in [5, 5.41) is 11.8. The normalized spacial score (nSPS) is 35.8. The third-order valence-electron chi connectivity index (χ3n) is 10.7. The Labute approximate surface area is 243 Å². The van der Waals surface area contributed by atoms with Crippen LogP contribution >= 0.6 is 0 Å². The number of carbonyl (C=O) groups is 4. The highest BCUT2D eigenvalue weighted by atomic mass is 16.7. The minimum atomic E-state index is -1.60. The molecule has 0 bridgehead atoms. The molecular formula is C32H48O9. The smallest absolute Gasteiger partial charge is 0.434 e. The summed E-state index contributed by atoms with van der Waals surface area (Å²) >= 11 is 0. The van der Waals surface area contributed by atoms with Crippen LogP contribution in [0.1, 0.15) is 105 Å². The zero-order valence-electron chi connectivity index (χ0n) is 25.2. The summed E-state index contributed by atoms with van der Waals surface area (Å²) in [6.45, 7) is 7.93. The van der Waals surface area contributed by atoms with Gasteiger partial charge in [0.05, 0.1) is 19.3 Å². The molecule has 3 fully saturated rings. The lowest BCUT2D eigenvalue weighted by Gasteiger charge is -2.60. The number of hydrogen-bond donors (Lipinski definition) is 1. The van der Waals surface area contributed by atoms with E-state index in [0.717, 1.165) is 37.7 Å². The maximum Gasteiger partial charge on any atom is 0.509 e. The first-order valence-electron chi connectivity index (χ1n) is 15.6. The van der Waals surface area contributed by atoms with Gasteiger partial charge in [-0.2, -0.15) is 0 Å². The van der Waals surface area contributed by atoms with E-state index in [9.17, 15) is 24.3 Å². The van der Waals surface area contributed by atoms with Crippen molar-refractivity contribution in [1.82, 2.24) is 0 Å². The Morgan fingerprint density at radius 1 is 0.927 bits per heavy atom. The van der Waals surface area contributed by atoms with Gasteiger partial charge in [0, 0.05) is 11.8 Å². The maximum atomic E-state index is 14.0. The van der Waals surface area contributed by atoms with Crippen LogP contribution in [0, 0.1) is 28.6 Å². The van der Waals surface area contributed by atoms with Crippen LogP contribution in [0.3, 0.4) is 0 Å². The molecule has 0 spiro atoms. The lowest BCUT2D eigenvalue weighted by atomic mass is 9.45. The number of Topliss-reactive ketones (excluding diaryl/α,β-unsaturated/α-hetero) is 1. The molecule has 0 aromatic heterocycles. The molecule has 3 saturated carbocycles. The summed E-state index contributed by atoms with van der Waals surface area (Å²) in [6.07, 6.45) is 7.19. The van der Waals surface area contributed by atoms with Gasteiger partial charge in [0.1, 0.15) is 0 Å². The molecule has 0 unspecified atom stereocenters. The molecule has 7 atom stereocenters. The van der Waals surface area contributed by atoms with Gasteiger partial charge in [0.25, 0.3) is 0 Å². The molecule has 9 heteroatoms. The van der Waals surface area contributed by atoms with Crippen molar-refractivity contribution in [3.8, 4) is 0 Å². The van der Waals surface area contributed by atoms with E-state index < -0.39 is 41.8 Å². The number of rotatable bonds is 11. The van der Waals surface area contributed by atoms with E-state index in [1.54, 1.807) is 6.08 Å². The molecule has 41 heavy (non-hydrogen) atoms. The SMILES string of the molecule is CCCCCOC(=O)O[C@]1(C(=O)COC(=O)OCCCC)CC[C@H]2[C@@H]3CCC4=CC(=O)CC[C@]4(C)[C@H]3[C@@H](O)C[C@@]21C. The summed E-state index contributed by atoms with van der Waals surface area (Å²) in [4.78, 5) is 51.4. The Kier molecular flexibility index (Phi) is 9.87. The predicted molar refractivity (Wildman–Crippen MR) is 150 cm³/mol. The van der Waals surface area contributed by atoms with Crippen molar-refractivity contribution in [2.24, 2.45) is 28.6 Å². The van der Waals surface area contributed by atoms with E-state index in [1.165, 1.54) is 0 Å². The number of ether oxygens (including phenoxy) is 4. The molecule has 0 saturated heterocycles. The fraction of sp³-hybridized carbons (Fsp3) is 0.812. The molecule has 0 radical (unpaired) electrons. The van der Waals surface area contributed by atoms with Crippen LogP contribution in [-0.4, -0.2) is 60.5 Å². The minimum absolute atomic E-state index is 0.000232. The molecule has 4 aliphatic rings. The van der Waals surface area contributed by atoms with Gasteiger partial charge in [-0.3, -0.25) is 9.59 Å². The van der Waals surface area contributed by atoms with Crippen LogP contribution in [0.4, 0.5) is 9.59 Å². The average molecular weight is 577 g/mol. The molecule has 0 aromatic rings. The zero-order valence-corrected chi connectivity index (χ0v) is 25.2. The van der Waals surface area contributed by atoms with Crippen LogP contribution in [0.2, 0.25) is 0 Å². The van der Waals surface area contributed by atoms with Gasteiger partial charge in [-0.25, -0.2) is 9.59 Å². The lowest BCUT2D eigenvalue weighted by molar-refractivity contribution is -0.187. The third kappa shape index (κ3) is 5.93. The van der Waals surface area contributed by atoms with Crippen molar-refractivity contribution in [3.05, 3.63) is 11.6 Å². The first-order chi connectivity index (χ1) is 19.5. The molecule has 1 N–H and O–H groups in total. The van der Waals surface area contributed by atoms with Crippen molar-refractivity contribution < 1.29 is 43.2 Å². The summed E-state index contributed by atoms with van der Waals surface area (Å²) < 4.78 is 21.6. The quantitative estimate of drug-likeness (QED) is 0.230. The summed E-state index contributed by atoms with van der Waals surface area (Å²) in [7, 11) is 0. The van der Waals surface area contributed by atoms with E-state index in [1.807, 2.05) is 13.8 Å². The number of aliphatic hydroxyl groups excluding tert-OH is 1. The number of fused-ring (bicyclic) bond motifs is 5. The number of aliphatic hydroxyl groups is 1. The van der Waals surface area contributed by atoms with Gasteiger partial charge in [-0.15, -0.1) is 0 Å². The molecule has 4 rings (SSSR count). The van der Waals surface area contributed by atoms with Crippen LogP contribution in [0.15, 0.2) is 11.6 Å². The Morgan fingerprint density at radius 3 is 2.37 bits per heavy atom. The fourth-order valence-electron chi connectivity index (χ4n) is 8.62. The van der Waals surface area contributed by atoms with Crippen LogP contribution in [-0.2, 0) is 28.5 Å². The number of ketones is 2. The monoisotopic (exact) mass is 576 g/mol. The predicted octanol–water partition coefficient (Wildman–Crippen LogP) is 6.09.